The van der Waals surface area contributed by atoms with Gasteiger partial charge in [-0.2, -0.15) is 0 Å². The highest BCUT2D eigenvalue weighted by Crippen LogP contribution is 2.33. The lowest BCUT2D eigenvalue weighted by atomic mass is 10.1. The van der Waals surface area contributed by atoms with Crippen molar-refractivity contribution in [3.63, 3.8) is 0 Å². The van der Waals surface area contributed by atoms with Crippen molar-refractivity contribution in [1.29, 1.82) is 0 Å². The third-order valence-corrected chi connectivity index (χ3v) is 5.15. The number of aromatic nitrogens is 2. The molecule has 0 saturated carbocycles. The van der Waals surface area contributed by atoms with Gasteiger partial charge in [0.1, 0.15) is 24.7 Å². The van der Waals surface area contributed by atoms with Crippen LogP contribution in [0, 0.1) is 6.92 Å². The van der Waals surface area contributed by atoms with E-state index in [0.717, 1.165) is 22.3 Å². The molecule has 1 aromatic heterocycles. The standard InChI is InChI=1S/C25H25N3O4/c1-17-13-22(30-2)23(31-3)14-20(17)27-25(29)15-28-21-12-8-7-11-19(21)26-24(28)16-32-18-9-5-4-6-10-18/h4-14H,15-16H2,1-3H3,(H,27,29). The van der Waals surface area contributed by atoms with Crippen LogP contribution in [0.4, 0.5) is 5.69 Å². The summed E-state index contributed by atoms with van der Waals surface area (Å²) in [6, 6.07) is 20.9. The number of ether oxygens (including phenoxy) is 3. The summed E-state index contributed by atoms with van der Waals surface area (Å²) in [7, 11) is 3.15. The lowest BCUT2D eigenvalue weighted by molar-refractivity contribution is -0.116. The van der Waals surface area contributed by atoms with Gasteiger partial charge in [-0.3, -0.25) is 4.79 Å². The molecule has 0 spiro atoms. The predicted molar refractivity (Wildman–Crippen MR) is 123 cm³/mol. The fourth-order valence-corrected chi connectivity index (χ4v) is 3.53. The maximum atomic E-state index is 13.0. The van der Waals surface area contributed by atoms with Crippen LogP contribution in [-0.4, -0.2) is 29.7 Å². The molecule has 4 rings (SSSR count). The first kappa shape index (κ1) is 21.2. The van der Waals surface area contributed by atoms with Crippen molar-refractivity contribution in [2.24, 2.45) is 0 Å². The lowest BCUT2D eigenvalue weighted by Crippen LogP contribution is -2.21. The van der Waals surface area contributed by atoms with Crippen molar-refractivity contribution < 1.29 is 19.0 Å². The molecule has 0 aliphatic carbocycles. The molecule has 0 radical (unpaired) electrons. The van der Waals surface area contributed by atoms with E-state index in [1.807, 2.05) is 72.2 Å². The number of amides is 1. The van der Waals surface area contributed by atoms with Gasteiger partial charge in [0.25, 0.3) is 0 Å². The van der Waals surface area contributed by atoms with Crippen LogP contribution in [0.15, 0.2) is 66.7 Å². The zero-order valence-electron chi connectivity index (χ0n) is 18.3. The molecule has 0 fully saturated rings. The highest BCUT2D eigenvalue weighted by molar-refractivity contribution is 5.93. The summed E-state index contributed by atoms with van der Waals surface area (Å²) in [5.41, 5.74) is 3.23. The molecule has 0 aliphatic rings. The van der Waals surface area contributed by atoms with Crippen LogP contribution in [-0.2, 0) is 17.9 Å². The number of benzene rings is 3. The van der Waals surface area contributed by atoms with Crippen LogP contribution in [0.25, 0.3) is 11.0 Å². The number of nitrogens with zero attached hydrogens (tertiary/aromatic N) is 2. The Bertz CT molecular complexity index is 1230. The lowest BCUT2D eigenvalue weighted by Gasteiger charge is -2.15. The van der Waals surface area contributed by atoms with Gasteiger partial charge in [0.2, 0.25) is 5.91 Å². The number of hydrogen-bond acceptors (Lipinski definition) is 5. The van der Waals surface area contributed by atoms with Crippen LogP contribution in [0.2, 0.25) is 0 Å². The molecule has 164 valence electrons. The van der Waals surface area contributed by atoms with E-state index in [1.54, 1.807) is 20.3 Å². The highest BCUT2D eigenvalue weighted by atomic mass is 16.5. The molecule has 1 heterocycles. The number of carbonyl (C=O) groups is 1. The van der Waals surface area contributed by atoms with Crippen molar-refractivity contribution >= 4 is 22.6 Å². The summed E-state index contributed by atoms with van der Waals surface area (Å²) in [6.07, 6.45) is 0. The average Bonchev–Trinajstić information content (AvgIpc) is 3.16. The van der Waals surface area contributed by atoms with Crippen LogP contribution in [0.3, 0.4) is 0 Å². The monoisotopic (exact) mass is 431 g/mol. The van der Waals surface area contributed by atoms with E-state index in [2.05, 4.69) is 10.3 Å². The summed E-state index contributed by atoms with van der Waals surface area (Å²) in [5, 5.41) is 2.98. The molecule has 0 atom stereocenters. The Hall–Kier alpha value is -4.00. The Balaban J connectivity index is 1.57. The second-order valence-corrected chi connectivity index (χ2v) is 7.27. The minimum absolute atomic E-state index is 0.0990. The molecule has 7 nitrogen and oxygen atoms in total. The molecule has 1 N–H and O–H groups in total. The number of para-hydroxylation sites is 3. The average molecular weight is 431 g/mol. The van der Waals surface area contributed by atoms with Crippen LogP contribution < -0.4 is 19.5 Å². The van der Waals surface area contributed by atoms with Crippen LogP contribution >= 0.6 is 0 Å². The summed E-state index contributed by atoms with van der Waals surface area (Å²) >= 11 is 0. The van der Waals surface area contributed by atoms with Crippen molar-refractivity contribution in [3.8, 4) is 17.2 Å². The Morgan fingerprint density at radius 2 is 1.66 bits per heavy atom. The molecule has 7 heteroatoms. The van der Waals surface area contributed by atoms with E-state index in [0.29, 0.717) is 23.0 Å². The largest absolute Gasteiger partial charge is 0.493 e. The maximum Gasteiger partial charge on any atom is 0.244 e. The molecular formula is C25H25N3O4. The van der Waals surface area contributed by atoms with Gasteiger partial charge < -0.3 is 24.1 Å². The second kappa shape index (κ2) is 9.43. The summed E-state index contributed by atoms with van der Waals surface area (Å²) < 4.78 is 18.5. The van der Waals surface area contributed by atoms with Gasteiger partial charge in [0, 0.05) is 11.8 Å². The van der Waals surface area contributed by atoms with Crippen molar-refractivity contribution in [3.05, 3.63) is 78.1 Å². The second-order valence-electron chi connectivity index (χ2n) is 7.27. The van der Waals surface area contributed by atoms with Crippen molar-refractivity contribution in [2.45, 2.75) is 20.1 Å². The number of nitrogens with one attached hydrogen (secondary N) is 1. The molecular weight excluding hydrogens is 406 g/mol. The zero-order valence-corrected chi connectivity index (χ0v) is 18.3. The van der Waals surface area contributed by atoms with E-state index in [1.165, 1.54) is 0 Å². The van der Waals surface area contributed by atoms with E-state index in [9.17, 15) is 4.79 Å². The first-order chi connectivity index (χ1) is 15.6. The Labute approximate surface area is 186 Å². The van der Waals surface area contributed by atoms with Gasteiger partial charge in [0.15, 0.2) is 11.5 Å². The number of imidazole rings is 1. The topological polar surface area (TPSA) is 74.6 Å². The van der Waals surface area contributed by atoms with Crippen molar-refractivity contribution in [2.75, 3.05) is 19.5 Å². The molecule has 1 amide bonds. The Kier molecular flexibility index (Phi) is 6.26. The summed E-state index contributed by atoms with van der Waals surface area (Å²) in [5.74, 6) is 2.41. The third kappa shape index (κ3) is 4.51. The third-order valence-electron chi connectivity index (χ3n) is 5.15. The number of carbonyl (C=O) groups excluding carboxylic acids is 1. The Morgan fingerprint density at radius 3 is 2.41 bits per heavy atom. The first-order valence-corrected chi connectivity index (χ1v) is 10.2. The minimum atomic E-state index is -0.176. The molecule has 0 saturated heterocycles. The molecule has 0 aliphatic heterocycles. The fraction of sp³-hybridized carbons (Fsp3) is 0.200. The van der Waals surface area contributed by atoms with Gasteiger partial charge >= 0.3 is 0 Å². The van der Waals surface area contributed by atoms with E-state index in [4.69, 9.17) is 14.2 Å². The minimum Gasteiger partial charge on any atom is -0.493 e. The number of anilines is 1. The number of aryl methyl sites for hydroxylation is 1. The fourth-order valence-electron chi connectivity index (χ4n) is 3.53. The smallest absolute Gasteiger partial charge is 0.244 e. The molecule has 3 aromatic carbocycles. The molecule has 32 heavy (non-hydrogen) atoms. The normalized spacial score (nSPS) is 10.7. The summed E-state index contributed by atoms with van der Waals surface area (Å²) in [4.78, 5) is 17.7. The number of rotatable bonds is 8. The number of methoxy groups -OCH3 is 2. The predicted octanol–water partition coefficient (Wildman–Crippen LogP) is 4.58. The molecule has 4 aromatic rings. The highest BCUT2D eigenvalue weighted by Gasteiger charge is 2.16. The Morgan fingerprint density at radius 1 is 0.969 bits per heavy atom. The maximum absolute atomic E-state index is 13.0. The quantitative estimate of drug-likeness (QED) is 0.442. The van der Waals surface area contributed by atoms with E-state index >= 15 is 0 Å². The number of hydrogen-bond donors (Lipinski definition) is 1. The molecule has 0 unspecified atom stereocenters. The first-order valence-electron chi connectivity index (χ1n) is 10.2. The van der Waals surface area contributed by atoms with Crippen LogP contribution in [0.1, 0.15) is 11.4 Å². The van der Waals surface area contributed by atoms with Gasteiger partial charge in [0.05, 0.1) is 25.3 Å². The van der Waals surface area contributed by atoms with Crippen LogP contribution in [0.5, 0.6) is 17.2 Å². The van der Waals surface area contributed by atoms with Gasteiger partial charge in [-0.15, -0.1) is 0 Å². The summed E-state index contributed by atoms with van der Waals surface area (Å²) in [6.45, 7) is 2.26. The van der Waals surface area contributed by atoms with Crippen molar-refractivity contribution in [1.82, 2.24) is 9.55 Å². The molecule has 0 bridgehead atoms. The SMILES string of the molecule is COc1cc(C)c(NC(=O)Cn2c(COc3ccccc3)nc3ccccc32)cc1OC. The van der Waals surface area contributed by atoms with Gasteiger partial charge in [-0.1, -0.05) is 30.3 Å². The number of fused-ring (bicyclic) bond motifs is 1. The van der Waals surface area contributed by atoms with E-state index in [-0.39, 0.29) is 19.1 Å². The zero-order chi connectivity index (χ0) is 22.5. The van der Waals surface area contributed by atoms with Gasteiger partial charge in [-0.05, 0) is 42.8 Å². The van der Waals surface area contributed by atoms with E-state index < -0.39 is 0 Å². The van der Waals surface area contributed by atoms with Gasteiger partial charge in [-0.25, -0.2) is 4.98 Å².